The van der Waals surface area contributed by atoms with Crippen molar-refractivity contribution in [2.24, 2.45) is 5.41 Å². The van der Waals surface area contributed by atoms with Gasteiger partial charge in [-0.1, -0.05) is 12.1 Å². The van der Waals surface area contributed by atoms with E-state index >= 15 is 0 Å². The summed E-state index contributed by atoms with van der Waals surface area (Å²) >= 11 is 0. The summed E-state index contributed by atoms with van der Waals surface area (Å²) in [5, 5.41) is 18.0. The first kappa shape index (κ1) is 15.5. The lowest BCUT2D eigenvalue weighted by Crippen LogP contribution is -2.09. The molecule has 0 radical (unpaired) electrons. The zero-order valence-electron chi connectivity index (χ0n) is 11.4. The molecule has 1 N–H and O–H groups in total. The third kappa shape index (κ3) is 4.88. The molecule has 104 valence electrons. The summed E-state index contributed by atoms with van der Waals surface area (Å²) in [6.07, 6.45) is 2.39. The van der Waals surface area contributed by atoms with E-state index in [2.05, 4.69) is 6.07 Å². The van der Waals surface area contributed by atoms with Gasteiger partial charge in [-0.05, 0) is 39.2 Å². The van der Waals surface area contributed by atoms with Crippen LogP contribution in [-0.2, 0) is 6.61 Å². The number of rotatable bonds is 7. The number of hydrogen-bond acceptors (Lipinski definition) is 3. The summed E-state index contributed by atoms with van der Waals surface area (Å²) in [6.45, 7) is 3.94. The van der Waals surface area contributed by atoms with Crippen molar-refractivity contribution in [3.8, 4) is 11.8 Å². The topological polar surface area (TPSA) is 53.2 Å². The minimum Gasteiger partial charge on any atom is -0.490 e. The van der Waals surface area contributed by atoms with E-state index in [-0.39, 0.29) is 17.8 Å². The molecule has 1 rings (SSSR count). The molecule has 4 heteroatoms. The van der Waals surface area contributed by atoms with Crippen LogP contribution in [0.2, 0.25) is 0 Å². The Morgan fingerprint density at radius 2 is 2.11 bits per heavy atom. The van der Waals surface area contributed by atoms with Gasteiger partial charge in [0, 0.05) is 5.56 Å². The highest BCUT2D eigenvalue weighted by Crippen LogP contribution is 2.24. The van der Waals surface area contributed by atoms with Crippen molar-refractivity contribution in [3.05, 3.63) is 29.6 Å². The number of nitriles is 1. The summed E-state index contributed by atoms with van der Waals surface area (Å²) in [6, 6.07) is 6.74. The molecular weight excluding hydrogens is 245 g/mol. The number of ether oxygens (including phenoxy) is 1. The molecule has 0 aliphatic heterocycles. The van der Waals surface area contributed by atoms with Crippen molar-refractivity contribution in [3.63, 3.8) is 0 Å². The number of para-hydroxylation sites is 1. The van der Waals surface area contributed by atoms with E-state index in [1.807, 2.05) is 13.8 Å². The smallest absolute Gasteiger partial charge is 0.165 e. The Morgan fingerprint density at radius 1 is 1.37 bits per heavy atom. The van der Waals surface area contributed by atoms with Gasteiger partial charge in [-0.2, -0.15) is 5.26 Å². The van der Waals surface area contributed by atoms with Crippen LogP contribution >= 0.6 is 0 Å². The molecule has 1 aromatic carbocycles. The summed E-state index contributed by atoms with van der Waals surface area (Å²) in [7, 11) is 0. The lowest BCUT2D eigenvalue weighted by molar-refractivity contribution is 0.250. The van der Waals surface area contributed by atoms with Gasteiger partial charge in [0.2, 0.25) is 0 Å². The van der Waals surface area contributed by atoms with Crippen LogP contribution in [0.5, 0.6) is 5.75 Å². The molecule has 0 aliphatic carbocycles. The van der Waals surface area contributed by atoms with E-state index in [0.717, 1.165) is 19.3 Å². The van der Waals surface area contributed by atoms with Gasteiger partial charge >= 0.3 is 0 Å². The molecule has 19 heavy (non-hydrogen) atoms. The molecule has 0 spiro atoms. The molecule has 0 saturated carbocycles. The predicted molar refractivity (Wildman–Crippen MR) is 71.1 cm³/mol. The third-order valence-electron chi connectivity index (χ3n) is 2.96. The lowest BCUT2D eigenvalue weighted by atomic mass is 9.89. The average molecular weight is 265 g/mol. The van der Waals surface area contributed by atoms with Crippen molar-refractivity contribution in [2.75, 3.05) is 6.61 Å². The molecule has 0 aromatic heterocycles. The van der Waals surface area contributed by atoms with Gasteiger partial charge in [0.15, 0.2) is 11.6 Å². The van der Waals surface area contributed by atoms with Crippen molar-refractivity contribution in [1.82, 2.24) is 0 Å². The molecule has 0 bridgehead atoms. The molecule has 0 amide bonds. The maximum Gasteiger partial charge on any atom is 0.165 e. The molecular formula is C15H20FNO2. The minimum atomic E-state index is -0.455. The van der Waals surface area contributed by atoms with Gasteiger partial charge in [-0.3, -0.25) is 0 Å². The van der Waals surface area contributed by atoms with Gasteiger partial charge < -0.3 is 9.84 Å². The maximum atomic E-state index is 13.5. The van der Waals surface area contributed by atoms with Crippen LogP contribution in [0.3, 0.4) is 0 Å². The van der Waals surface area contributed by atoms with Gasteiger partial charge in [0.25, 0.3) is 0 Å². The van der Waals surface area contributed by atoms with E-state index in [1.165, 1.54) is 6.07 Å². The molecule has 0 saturated heterocycles. The summed E-state index contributed by atoms with van der Waals surface area (Å²) in [5.74, 6) is -0.326. The van der Waals surface area contributed by atoms with Crippen molar-refractivity contribution >= 4 is 0 Å². The Morgan fingerprint density at radius 3 is 2.74 bits per heavy atom. The van der Waals surface area contributed by atoms with Crippen LogP contribution < -0.4 is 4.74 Å². The molecule has 0 fully saturated rings. The summed E-state index contributed by atoms with van der Waals surface area (Å²) < 4.78 is 18.9. The fourth-order valence-electron chi connectivity index (χ4n) is 1.74. The number of nitrogens with zero attached hydrogens (tertiary/aromatic N) is 1. The summed E-state index contributed by atoms with van der Waals surface area (Å²) in [5.41, 5.74) is 0.131. The standard InChI is InChI=1S/C15H20FNO2/c1-15(2,11-17)8-3-4-9-19-14-12(10-18)6-5-7-13(14)16/h5-7,18H,3-4,8-10H2,1-2H3. The zero-order chi connectivity index (χ0) is 14.3. The molecule has 0 unspecified atom stereocenters. The van der Waals surface area contributed by atoms with Crippen LogP contribution in [0.25, 0.3) is 0 Å². The highest BCUT2D eigenvalue weighted by Gasteiger charge is 2.15. The Hall–Kier alpha value is -1.60. The normalized spacial score (nSPS) is 11.1. The second-order valence-corrected chi connectivity index (χ2v) is 5.19. The van der Waals surface area contributed by atoms with E-state index in [9.17, 15) is 4.39 Å². The van der Waals surface area contributed by atoms with Crippen LogP contribution in [0.15, 0.2) is 18.2 Å². The maximum absolute atomic E-state index is 13.5. The molecule has 0 heterocycles. The highest BCUT2D eigenvalue weighted by atomic mass is 19.1. The first-order chi connectivity index (χ1) is 9.00. The molecule has 0 aliphatic rings. The molecule has 3 nitrogen and oxygen atoms in total. The predicted octanol–water partition coefficient (Wildman–Crippen LogP) is 3.42. The minimum absolute atomic E-state index is 0.129. The van der Waals surface area contributed by atoms with Gasteiger partial charge in [0.05, 0.1) is 24.7 Å². The SMILES string of the molecule is CC(C)(C#N)CCCCOc1c(F)cccc1CO. The Kier molecular flexibility index (Phi) is 5.78. The first-order valence-electron chi connectivity index (χ1n) is 6.42. The van der Waals surface area contributed by atoms with Crippen molar-refractivity contribution < 1.29 is 14.2 Å². The molecule has 0 atom stereocenters. The highest BCUT2D eigenvalue weighted by molar-refractivity contribution is 5.34. The number of benzene rings is 1. The van der Waals surface area contributed by atoms with Crippen LogP contribution in [0.4, 0.5) is 4.39 Å². The van der Waals surface area contributed by atoms with E-state index < -0.39 is 5.82 Å². The Labute approximate surface area is 113 Å². The second-order valence-electron chi connectivity index (χ2n) is 5.19. The fourth-order valence-corrected chi connectivity index (χ4v) is 1.74. The lowest BCUT2D eigenvalue weighted by Gasteiger charge is -2.15. The van der Waals surface area contributed by atoms with Gasteiger partial charge in [-0.15, -0.1) is 0 Å². The Bertz CT molecular complexity index is 452. The van der Waals surface area contributed by atoms with E-state index in [4.69, 9.17) is 15.1 Å². The summed E-state index contributed by atoms with van der Waals surface area (Å²) in [4.78, 5) is 0. The number of halogens is 1. The monoisotopic (exact) mass is 265 g/mol. The van der Waals surface area contributed by atoms with Crippen LogP contribution in [0.1, 0.15) is 38.7 Å². The number of aliphatic hydroxyl groups excluding tert-OH is 1. The number of aliphatic hydroxyl groups is 1. The first-order valence-corrected chi connectivity index (χ1v) is 6.42. The third-order valence-corrected chi connectivity index (χ3v) is 2.96. The van der Waals surface area contributed by atoms with E-state index in [1.54, 1.807) is 12.1 Å². The fraction of sp³-hybridized carbons (Fsp3) is 0.533. The molecule has 1 aromatic rings. The second kappa shape index (κ2) is 7.10. The van der Waals surface area contributed by atoms with Crippen LogP contribution in [0, 0.1) is 22.6 Å². The van der Waals surface area contributed by atoms with Gasteiger partial charge in [-0.25, -0.2) is 4.39 Å². The Balaban J connectivity index is 2.40. The average Bonchev–Trinajstić information content (AvgIpc) is 2.39. The van der Waals surface area contributed by atoms with Crippen LogP contribution in [-0.4, -0.2) is 11.7 Å². The van der Waals surface area contributed by atoms with Gasteiger partial charge in [0.1, 0.15) is 0 Å². The van der Waals surface area contributed by atoms with E-state index in [0.29, 0.717) is 12.2 Å². The largest absolute Gasteiger partial charge is 0.490 e. The van der Waals surface area contributed by atoms with Crippen molar-refractivity contribution in [2.45, 2.75) is 39.7 Å². The number of hydrogen-bond donors (Lipinski definition) is 1. The van der Waals surface area contributed by atoms with Crippen molar-refractivity contribution in [1.29, 1.82) is 5.26 Å². The quantitative estimate of drug-likeness (QED) is 0.768. The zero-order valence-corrected chi connectivity index (χ0v) is 11.4. The number of unbranched alkanes of at least 4 members (excludes halogenated alkanes) is 1.